The average molecular weight is 360 g/mol. The monoisotopic (exact) mass is 359 g/mol. The number of fused-ring (bicyclic) bond motifs is 1. The van der Waals surface area contributed by atoms with E-state index >= 15 is 0 Å². The van der Waals surface area contributed by atoms with Crippen molar-refractivity contribution >= 4 is 11.0 Å². The highest BCUT2D eigenvalue weighted by atomic mass is 16.5. The van der Waals surface area contributed by atoms with E-state index in [4.69, 9.17) is 4.74 Å². The second-order valence-corrected chi connectivity index (χ2v) is 7.71. The standard InChI is InChI=1S/C22H37N3O/c1-4-5-6-7-8-9-10-11-12-15-18-26-22(19(2)3)25-21-17-14-13-16-20(21)23-24-25/h13-14,16-17,19,22H,4-12,15,18H2,1-3H3/t22-/m1/s1. The van der Waals surface area contributed by atoms with Gasteiger partial charge < -0.3 is 4.74 Å². The molecule has 0 amide bonds. The minimum Gasteiger partial charge on any atom is -0.356 e. The first-order valence-electron chi connectivity index (χ1n) is 10.7. The Bertz CT molecular complexity index is 608. The van der Waals surface area contributed by atoms with E-state index in [1.54, 1.807) is 0 Å². The van der Waals surface area contributed by atoms with E-state index in [2.05, 4.69) is 37.1 Å². The van der Waals surface area contributed by atoms with Crippen LogP contribution in [0.5, 0.6) is 0 Å². The van der Waals surface area contributed by atoms with Crippen molar-refractivity contribution in [3.05, 3.63) is 24.3 Å². The van der Waals surface area contributed by atoms with Gasteiger partial charge in [0.2, 0.25) is 0 Å². The molecular formula is C22H37N3O. The summed E-state index contributed by atoms with van der Waals surface area (Å²) in [5.74, 6) is 0.364. The van der Waals surface area contributed by atoms with Crippen LogP contribution in [0.3, 0.4) is 0 Å². The van der Waals surface area contributed by atoms with Crippen LogP contribution in [-0.4, -0.2) is 21.6 Å². The van der Waals surface area contributed by atoms with Crippen LogP contribution in [0.15, 0.2) is 24.3 Å². The summed E-state index contributed by atoms with van der Waals surface area (Å²) in [6, 6.07) is 8.09. The van der Waals surface area contributed by atoms with Crippen LogP contribution in [0.4, 0.5) is 0 Å². The third kappa shape index (κ3) is 6.71. The van der Waals surface area contributed by atoms with Crippen molar-refractivity contribution in [3.63, 3.8) is 0 Å². The van der Waals surface area contributed by atoms with Gasteiger partial charge in [-0.15, -0.1) is 5.10 Å². The van der Waals surface area contributed by atoms with Crippen molar-refractivity contribution in [2.75, 3.05) is 6.61 Å². The fraction of sp³-hybridized carbons (Fsp3) is 0.727. The predicted molar refractivity (Wildman–Crippen MR) is 109 cm³/mol. The zero-order chi connectivity index (χ0) is 18.6. The van der Waals surface area contributed by atoms with E-state index in [0.717, 1.165) is 24.1 Å². The molecule has 146 valence electrons. The van der Waals surface area contributed by atoms with Gasteiger partial charge in [0.1, 0.15) is 5.52 Å². The van der Waals surface area contributed by atoms with Crippen molar-refractivity contribution in [2.45, 2.75) is 91.2 Å². The number of para-hydroxylation sites is 1. The highest BCUT2D eigenvalue weighted by Gasteiger charge is 2.19. The summed E-state index contributed by atoms with van der Waals surface area (Å²) in [6.45, 7) is 7.43. The maximum Gasteiger partial charge on any atom is 0.154 e. The van der Waals surface area contributed by atoms with Crippen molar-refractivity contribution in [2.24, 2.45) is 5.92 Å². The zero-order valence-electron chi connectivity index (χ0n) is 17.0. The maximum absolute atomic E-state index is 6.19. The van der Waals surface area contributed by atoms with Gasteiger partial charge in [-0.3, -0.25) is 0 Å². The lowest BCUT2D eigenvalue weighted by Gasteiger charge is -2.22. The molecule has 1 heterocycles. The number of nitrogens with zero attached hydrogens (tertiary/aromatic N) is 3. The zero-order valence-corrected chi connectivity index (χ0v) is 17.0. The van der Waals surface area contributed by atoms with Gasteiger partial charge in [-0.25, -0.2) is 4.68 Å². The summed E-state index contributed by atoms with van der Waals surface area (Å²) < 4.78 is 8.13. The summed E-state index contributed by atoms with van der Waals surface area (Å²) >= 11 is 0. The normalized spacial score (nSPS) is 12.9. The molecule has 0 aliphatic carbocycles. The lowest BCUT2D eigenvalue weighted by molar-refractivity contribution is -0.0373. The molecule has 4 heteroatoms. The molecule has 26 heavy (non-hydrogen) atoms. The Balaban J connectivity index is 1.64. The first kappa shape index (κ1) is 20.9. The molecule has 0 saturated heterocycles. The fourth-order valence-corrected chi connectivity index (χ4v) is 3.41. The summed E-state index contributed by atoms with van der Waals surface area (Å²) in [5.41, 5.74) is 1.98. The van der Waals surface area contributed by atoms with Crippen LogP contribution in [-0.2, 0) is 4.74 Å². The van der Waals surface area contributed by atoms with Crippen LogP contribution in [0.25, 0.3) is 11.0 Å². The lowest BCUT2D eigenvalue weighted by Crippen LogP contribution is -2.20. The van der Waals surface area contributed by atoms with Gasteiger partial charge in [-0.1, -0.05) is 95.9 Å². The molecule has 0 aliphatic heterocycles. The Morgan fingerprint density at radius 3 is 2.15 bits per heavy atom. The molecule has 0 unspecified atom stereocenters. The number of hydrogen-bond donors (Lipinski definition) is 0. The molecular weight excluding hydrogens is 322 g/mol. The van der Waals surface area contributed by atoms with Crippen LogP contribution in [0, 0.1) is 5.92 Å². The number of ether oxygens (including phenoxy) is 1. The van der Waals surface area contributed by atoms with Gasteiger partial charge in [-0.05, 0) is 18.6 Å². The van der Waals surface area contributed by atoms with Gasteiger partial charge in [0, 0.05) is 12.5 Å². The van der Waals surface area contributed by atoms with E-state index < -0.39 is 0 Å². The largest absolute Gasteiger partial charge is 0.356 e. The van der Waals surface area contributed by atoms with E-state index in [1.807, 2.05) is 22.9 Å². The topological polar surface area (TPSA) is 39.9 Å². The van der Waals surface area contributed by atoms with Crippen LogP contribution in [0.2, 0.25) is 0 Å². The molecule has 4 nitrogen and oxygen atoms in total. The molecule has 0 saturated carbocycles. The maximum atomic E-state index is 6.19. The molecule has 0 fully saturated rings. The molecule has 2 aromatic rings. The highest BCUT2D eigenvalue weighted by Crippen LogP contribution is 2.23. The Morgan fingerprint density at radius 1 is 0.885 bits per heavy atom. The highest BCUT2D eigenvalue weighted by molar-refractivity contribution is 5.73. The Kier molecular flexibility index (Phi) is 9.68. The Hall–Kier alpha value is -1.42. The van der Waals surface area contributed by atoms with Gasteiger partial charge in [0.25, 0.3) is 0 Å². The first-order valence-corrected chi connectivity index (χ1v) is 10.7. The van der Waals surface area contributed by atoms with Gasteiger partial charge in [0.05, 0.1) is 5.52 Å². The molecule has 0 bridgehead atoms. The van der Waals surface area contributed by atoms with Gasteiger partial charge in [0.15, 0.2) is 6.23 Å². The third-order valence-electron chi connectivity index (χ3n) is 4.98. The van der Waals surface area contributed by atoms with Gasteiger partial charge >= 0.3 is 0 Å². The quantitative estimate of drug-likeness (QED) is 0.360. The van der Waals surface area contributed by atoms with Crippen molar-refractivity contribution in [1.82, 2.24) is 15.0 Å². The average Bonchev–Trinajstić information content (AvgIpc) is 3.06. The predicted octanol–water partition coefficient (Wildman–Crippen LogP) is 6.52. The molecule has 0 radical (unpaired) electrons. The number of aromatic nitrogens is 3. The van der Waals surface area contributed by atoms with E-state index in [0.29, 0.717) is 5.92 Å². The third-order valence-corrected chi connectivity index (χ3v) is 4.98. The molecule has 0 N–H and O–H groups in total. The lowest BCUT2D eigenvalue weighted by atomic mass is 10.1. The van der Waals surface area contributed by atoms with E-state index in [-0.39, 0.29) is 6.23 Å². The first-order chi connectivity index (χ1) is 12.7. The SMILES string of the molecule is CCCCCCCCCCCCO[C@H](C(C)C)n1nnc2ccccc21. The molecule has 1 aromatic carbocycles. The molecule has 0 spiro atoms. The summed E-state index contributed by atoms with van der Waals surface area (Å²) in [4.78, 5) is 0. The minimum atomic E-state index is -0.0408. The second-order valence-electron chi connectivity index (χ2n) is 7.71. The van der Waals surface area contributed by atoms with E-state index in [1.165, 1.54) is 57.8 Å². The molecule has 0 aliphatic rings. The Labute approximate surface area is 159 Å². The molecule has 1 aromatic heterocycles. The minimum absolute atomic E-state index is 0.0408. The van der Waals surface area contributed by atoms with E-state index in [9.17, 15) is 0 Å². The molecule has 1 atom stereocenters. The summed E-state index contributed by atoms with van der Waals surface area (Å²) in [5, 5.41) is 8.59. The van der Waals surface area contributed by atoms with Crippen LogP contribution >= 0.6 is 0 Å². The second kappa shape index (κ2) is 12.1. The van der Waals surface area contributed by atoms with Crippen molar-refractivity contribution in [3.8, 4) is 0 Å². The van der Waals surface area contributed by atoms with Crippen molar-refractivity contribution < 1.29 is 4.74 Å². The van der Waals surface area contributed by atoms with Crippen LogP contribution in [0.1, 0.15) is 91.2 Å². The number of benzene rings is 1. The smallest absolute Gasteiger partial charge is 0.154 e. The summed E-state index contributed by atoms with van der Waals surface area (Å²) in [6.07, 6.45) is 13.4. The summed E-state index contributed by atoms with van der Waals surface area (Å²) in [7, 11) is 0. The van der Waals surface area contributed by atoms with Gasteiger partial charge in [-0.2, -0.15) is 0 Å². The fourth-order valence-electron chi connectivity index (χ4n) is 3.41. The number of unbranched alkanes of at least 4 members (excludes halogenated alkanes) is 9. The number of rotatable bonds is 14. The van der Waals surface area contributed by atoms with Crippen molar-refractivity contribution in [1.29, 1.82) is 0 Å². The Morgan fingerprint density at radius 2 is 1.50 bits per heavy atom. The molecule has 2 rings (SSSR count). The number of hydrogen-bond acceptors (Lipinski definition) is 3. The van der Waals surface area contributed by atoms with Crippen LogP contribution < -0.4 is 0 Å².